The molecule has 1 saturated carbocycles. The first-order chi connectivity index (χ1) is 6.82. The van der Waals surface area contributed by atoms with Crippen molar-refractivity contribution in [3.8, 4) is 0 Å². The fraction of sp³-hybridized carbons (Fsp3) is 0.909. The van der Waals surface area contributed by atoms with E-state index in [9.17, 15) is 13.6 Å². The van der Waals surface area contributed by atoms with E-state index in [0.29, 0.717) is 19.5 Å². The average Bonchev–Trinajstić information content (AvgIpc) is 2.06. The summed E-state index contributed by atoms with van der Waals surface area (Å²) in [7, 11) is 0. The molecule has 0 aromatic heterocycles. The van der Waals surface area contributed by atoms with Gasteiger partial charge in [0.25, 0.3) is 5.92 Å². The quantitative estimate of drug-likeness (QED) is 0.670. The molecule has 1 aliphatic carbocycles. The Hall–Kier alpha value is -0.510. The van der Waals surface area contributed by atoms with Crippen LogP contribution < -0.4 is 0 Å². The third kappa shape index (κ3) is 1.92. The molecule has 15 heavy (non-hydrogen) atoms. The van der Waals surface area contributed by atoms with E-state index >= 15 is 0 Å². The molecule has 2 aliphatic rings. The molecule has 1 heterocycles. The van der Waals surface area contributed by atoms with Gasteiger partial charge in [-0.25, -0.2) is 8.78 Å². The zero-order valence-electron chi connectivity index (χ0n) is 9.22. The van der Waals surface area contributed by atoms with E-state index in [-0.39, 0.29) is 30.1 Å². The van der Waals surface area contributed by atoms with Gasteiger partial charge in [-0.15, -0.1) is 0 Å². The first kappa shape index (κ1) is 11.0. The van der Waals surface area contributed by atoms with Crippen molar-refractivity contribution in [2.45, 2.75) is 44.6 Å². The lowest BCUT2D eigenvalue weighted by atomic mass is 9.72. The van der Waals surface area contributed by atoms with Crippen molar-refractivity contribution in [1.29, 1.82) is 0 Å². The number of piperidine rings is 1. The normalized spacial score (nSPS) is 34.9. The number of ketones is 1. The number of carbonyl (C=O) groups excluding carboxylic acids is 1. The predicted octanol–water partition coefficient (Wildman–Crippen LogP) is 2.09. The number of hydrogen-bond acceptors (Lipinski definition) is 2. The van der Waals surface area contributed by atoms with Gasteiger partial charge >= 0.3 is 0 Å². The maximum Gasteiger partial charge on any atom is 0.251 e. The van der Waals surface area contributed by atoms with E-state index in [2.05, 4.69) is 4.90 Å². The molecule has 1 saturated heterocycles. The van der Waals surface area contributed by atoms with Crippen LogP contribution in [0.15, 0.2) is 0 Å². The summed E-state index contributed by atoms with van der Waals surface area (Å²) in [4.78, 5) is 13.4. The molecule has 2 nitrogen and oxygen atoms in total. The van der Waals surface area contributed by atoms with E-state index < -0.39 is 5.92 Å². The largest absolute Gasteiger partial charge is 0.299 e. The van der Waals surface area contributed by atoms with Gasteiger partial charge in [0, 0.05) is 43.8 Å². The predicted molar refractivity (Wildman–Crippen MR) is 52.9 cm³/mol. The molecule has 0 aromatic carbocycles. The highest BCUT2D eigenvalue weighted by Gasteiger charge is 2.56. The monoisotopic (exact) mass is 217 g/mol. The Kier molecular flexibility index (Phi) is 2.37. The molecule has 2 fully saturated rings. The summed E-state index contributed by atoms with van der Waals surface area (Å²) >= 11 is 0. The van der Waals surface area contributed by atoms with Crippen molar-refractivity contribution < 1.29 is 13.6 Å². The van der Waals surface area contributed by atoms with E-state index in [4.69, 9.17) is 0 Å². The van der Waals surface area contributed by atoms with Gasteiger partial charge in [0.05, 0.1) is 0 Å². The van der Waals surface area contributed by atoms with Crippen molar-refractivity contribution in [2.75, 3.05) is 13.1 Å². The van der Waals surface area contributed by atoms with Gasteiger partial charge in [0.1, 0.15) is 5.78 Å². The lowest BCUT2D eigenvalue weighted by Gasteiger charge is -2.53. The Balaban J connectivity index is 1.98. The van der Waals surface area contributed by atoms with Crippen LogP contribution in [-0.2, 0) is 4.79 Å². The van der Waals surface area contributed by atoms with Crippen molar-refractivity contribution in [3.05, 3.63) is 0 Å². The number of halogens is 2. The maximum atomic E-state index is 12.9. The Bertz CT molecular complexity index is 282. The second-order valence-electron chi connectivity index (χ2n) is 5.27. The van der Waals surface area contributed by atoms with Crippen molar-refractivity contribution in [2.24, 2.45) is 5.92 Å². The molecule has 1 aliphatic heterocycles. The summed E-state index contributed by atoms with van der Waals surface area (Å²) in [5.74, 6) is -2.22. The van der Waals surface area contributed by atoms with Crippen LogP contribution in [0.4, 0.5) is 8.78 Å². The topological polar surface area (TPSA) is 20.3 Å². The highest BCUT2D eigenvalue weighted by atomic mass is 19.3. The fourth-order valence-corrected chi connectivity index (χ4v) is 2.79. The number of hydrogen-bond donors (Lipinski definition) is 0. The number of carbonyl (C=O) groups is 1. The van der Waals surface area contributed by atoms with Crippen LogP contribution in [0, 0.1) is 5.92 Å². The van der Waals surface area contributed by atoms with Gasteiger partial charge in [-0.2, -0.15) is 0 Å². The molecule has 0 bridgehead atoms. The molecule has 2 rings (SSSR count). The highest BCUT2D eigenvalue weighted by molar-refractivity contribution is 5.81. The number of nitrogens with zero attached hydrogens (tertiary/aromatic N) is 1. The third-order valence-corrected chi connectivity index (χ3v) is 3.71. The van der Waals surface area contributed by atoms with E-state index in [1.165, 1.54) is 0 Å². The number of likely N-dealkylation sites (tertiary alicyclic amines) is 1. The summed E-state index contributed by atoms with van der Waals surface area (Å²) in [6, 6.07) is 0. The molecule has 1 unspecified atom stereocenters. The van der Waals surface area contributed by atoms with Gasteiger partial charge in [-0.3, -0.25) is 9.69 Å². The van der Waals surface area contributed by atoms with Crippen LogP contribution in [0.5, 0.6) is 0 Å². The fourth-order valence-electron chi connectivity index (χ4n) is 2.79. The van der Waals surface area contributed by atoms with E-state index in [0.717, 1.165) is 0 Å². The molecular formula is C11H17F2NO. The molecule has 0 N–H and O–H groups in total. The Morgan fingerprint density at radius 1 is 1.40 bits per heavy atom. The lowest BCUT2D eigenvalue weighted by Crippen LogP contribution is -2.63. The van der Waals surface area contributed by atoms with Crippen LogP contribution in [0.2, 0.25) is 0 Å². The summed E-state index contributed by atoms with van der Waals surface area (Å²) < 4.78 is 25.7. The Morgan fingerprint density at radius 2 is 2.00 bits per heavy atom. The van der Waals surface area contributed by atoms with Crippen molar-refractivity contribution >= 4 is 5.78 Å². The van der Waals surface area contributed by atoms with E-state index in [1.807, 2.05) is 13.8 Å². The molecule has 1 atom stereocenters. The molecule has 0 aromatic rings. The zero-order chi connectivity index (χ0) is 11.3. The average molecular weight is 217 g/mol. The third-order valence-electron chi connectivity index (χ3n) is 3.71. The minimum atomic E-state index is -2.49. The van der Waals surface area contributed by atoms with Gasteiger partial charge in [0.15, 0.2) is 0 Å². The summed E-state index contributed by atoms with van der Waals surface area (Å²) in [5.41, 5.74) is -0.377. The Morgan fingerprint density at radius 3 is 2.47 bits per heavy atom. The summed E-state index contributed by atoms with van der Waals surface area (Å²) in [6.45, 7) is 5.06. The summed E-state index contributed by atoms with van der Waals surface area (Å²) in [6.07, 6.45) is 0.407. The van der Waals surface area contributed by atoms with Gasteiger partial charge in [-0.1, -0.05) is 6.92 Å². The van der Waals surface area contributed by atoms with Gasteiger partial charge < -0.3 is 0 Å². The maximum absolute atomic E-state index is 12.9. The number of rotatable bonds is 1. The highest BCUT2D eigenvalue weighted by Crippen LogP contribution is 2.49. The SMILES string of the molecule is CC1CN(C2(C)CC(F)(F)C2)CCC1=O. The first-order valence-corrected chi connectivity index (χ1v) is 5.48. The van der Waals surface area contributed by atoms with Crippen molar-refractivity contribution in [3.63, 3.8) is 0 Å². The van der Waals surface area contributed by atoms with Crippen molar-refractivity contribution in [1.82, 2.24) is 4.90 Å². The molecular weight excluding hydrogens is 200 g/mol. The lowest BCUT2D eigenvalue weighted by molar-refractivity contribution is -0.175. The molecule has 86 valence electrons. The van der Waals surface area contributed by atoms with Gasteiger partial charge in [0.2, 0.25) is 0 Å². The molecule has 0 spiro atoms. The molecule has 4 heteroatoms. The number of alkyl halides is 2. The Labute approximate surface area is 88.6 Å². The number of Topliss-reactive ketones (excluding diaryl/α,β-unsaturated/α-hetero) is 1. The van der Waals surface area contributed by atoms with E-state index in [1.54, 1.807) is 0 Å². The second-order valence-corrected chi connectivity index (χ2v) is 5.27. The first-order valence-electron chi connectivity index (χ1n) is 5.48. The minimum Gasteiger partial charge on any atom is -0.299 e. The van der Waals surface area contributed by atoms with Crippen LogP contribution in [-0.4, -0.2) is 35.2 Å². The van der Waals surface area contributed by atoms with Crippen LogP contribution in [0.3, 0.4) is 0 Å². The molecule has 0 radical (unpaired) electrons. The van der Waals surface area contributed by atoms with Gasteiger partial charge in [-0.05, 0) is 6.92 Å². The van der Waals surface area contributed by atoms with Crippen LogP contribution >= 0.6 is 0 Å². The minimum absolute atomic E-state index is 0.00444. The van der Waals surface area contributed by atoms with Crippen LogP contribution in [0.1, 0.15) is 33.1 Å². The molecule has 0 amide bonds. The smallest absolute Gasteiger partial charge is 0.251 e. The zero-order valence-corrected chi connectivity index (χ0v) is 9.22. The van der Waals surface area contributed by atoms with Crippen LogP contribution in [0.25, 0.3) is 0 Å². The standard InChI is InChI=1S/C11H17F2NO/c1-8-5-14(4-3-9(8)15)10(2)6-11(12,13)7-10/h8H,3-7H2,1-2H3. The second kappa shape index (κ2) is 3.24. The summed E-state index contributed by atoms with van der Waals surface area (Å²) in [5, 5.41) is 0.